The van der Waals surface area contributed by atoms with E-state index in [9.17, 15) is 0 Å². The highest BCUT2D eigenvalue weighted by Gasteiger charge is 2.03. The molecule has 2 rings (SSSR count). The molecule has 0 amide bonds. The molecule has 0 saturated carbocycles. The molecule has 2 aromatic rings. The maximum Gasteiger partial charge on any atom is 0.119 e. The second-order valence-electron chi connectivity index (χ2n) is 3.68. The summed E-state index contributed by atoms with van der Waals surface area (Å²) in [5.41, 5.74) is 0.748. The maximum absolute atomic E-state index is 6.04. The van der Waals surface area contributed by atoms with Crippen LogP contribution in [0, 0.1) is 0 Å². The van der Waals surface area contributed by atoms with E-state index in [-0.39, 0.29) is 0 Å². The Bertz CT molecular complexity index is 482. The number of anilines is 1. The van der Waals surface area contributed by atoms with Crippen LogP contribution in [0.4, 0.5) is 5.69 Å². The molecule has 4 heteroatoms. The summed E-state index contributed by atoms with van der Waals surface area (Å²) in [6, 6.07) is 15.1. The average molecular weight is 282 g/mol. The molecule has 1 N–H and O–H groups in total. The average Bonchev–Trinajstić information content (AvgIpc) is 2.38. The minimum absolute atomic E-state index is 0.547. The number of ether oxygens (including phenoxy) is 1. The Hall–Kier alpha value is -1.38. The number of rotatable bonds is 5. The van der Waals surface area contributed by atoms with Crippen molar-refractivity contribution in [3.63, 3.8) is 0 Å². The fourth-order valence-corrected chi connectivity index (χ4v) is 2.06. The molecular weight excluding hydrogens is 269 g/mol. The van der Waals surface area contributed by atoms with Gasteiger partial charge in [0.1, 0.15) is 12.4 Å². The van der Waals surface area contributed by atoms with Gasteiger partial charge in [-0.1, -0.05) is 47.5 Å². The Morgan fingerprint density at radius 3 is 2.22 bits per heavy atom. The third kappa shape index (κ3) is 3.56. The van der Waals surface area contributed by atoms with Crippen LogP contribution in [-0.2, 0) is 0 Å². The lowest BCUT2D eigenvalue weighted by Crippen LogP contribution is -2.11. The molecule has 0 saturated heterocycles. The zero-order valence-corrected chi connectivity index (χ0v) is 11.2. The summed E-state index contributed by atoms with van der Waals surface area (Å²) in [6.07, 6.45) is 0. The minimum atomic E-state index is 0.547. The topological polar surface area (TPSA) is 21.3 Å². The highest BCUT2D eigenvalue weighted by molar-refractivity contribution is 6.39. The van der Waals surface area contributed by atoms with Gasteiger partial charge >= 0.3 is 0 Å². The zero-order chi connectivity index (χ0) is 12.8. The van der Waals surface area contributed by atoms with Crippen LogP contribution in [0.5, 0.6) is 5.75 Å². The fraction of sp³-hybridized carbons (Fsp3) is 0.143. The molecule has 0 aliphatic heterocycles. The van der Waals surface area contributed by atoms with Crippen molar-refractivity contribution in [2.24, 2.45) is 0 Å². The van der Waals surface area contributed by atoms with E-state index >= 15 is 0 Å². The van der Waals surface area contributed by atoms with E-state index in [1.165, 1.54) is 0 Å². The molecule has 0 fully saturated rings. The number of para-hydroxylation sites is 2. The van der Waals surface area contributed by atoms with Gasteiger partial charge in [-0.25, -0.2) is 0 Å². The maximum atomic E-state index is 6.04. The fourth-order valence-electron chi connectivity index (χ4n) is 1.53. The molecule has 0 aromatic heterocycles. The Morgan fingerprint density at radius 2 is 1.56 bits per heavy atom. The zero-order valence-electron chi connectivity index (χ0n) is 9.70. The minimum Gasteiger partial charge on any atom is -0.492 e. The summed E-state index contributed by atoms with van der Waals surface area (Å²) in [5.74, 6) is 0.851. The predicted molar refractivity (Wildman–Crippen MR) is 76.9 cm³/mol. The second kappa shape index (κ2) is 6.53. The van der Waals surface area contributed by atoms with E-state index in [1.54, 1.807) is 12.1 Å². The smallest absolute Gasteiger partial charge is 0.119 e. The van der Waals surface area contributed by atoms with Gasteiger partial charge in [0.15, 0.2) is 0 Å². The van der Waals surface area contributed by atoms with Gasteiger partial charge in [0.2, 0.25) is 0 Å². The Morgan fingerprint density at radius 1 is 0.889 bits per heavy atom. The Kier molecular flexibility index (Phi) is 4.73. The third-order valence-corrected chi connectivity index (χ3v) is 3.01. The first-order valence-electron chi connectivity index (χ1n) is 5.63. The molecule has 0 spiro atoms. The van der Waals surface area contributed by atoms with Crippen molar-refractivity contribution in [3.8, 4) is 5.75 Å². The van der Waals surface area contributed by atoms with Gasteiger partial charge in [-0.3, -0.25) is 0 Å². The summed E-state index contributed by atoms with van der Waals surface area (Å²) in [7, 11) is 0. The van der Waals surface area contributed by atoms with Crippen LogP contribution in [0.25, 0.3) is 0 Å². The monoisotopic (exact) mass is 281 g/mol. The van der Waals surface area contributed by atoms with E-state index in [0.717, 1.165) is 11.4 Å². The Balaban J connectivity index is 1.82. The summed E-state index contributed by atoms with van der Waals surface area (Å²) >= 11 is 12.1. The summed E-state index contributed by atoms with van der Waals surface area (Å²) in [4.78, 5) is 0. The SMILES string of the molecule is Clc1cccc(Cl)c1NCCOc1ccccc1. The van der Waals surface area contributed by atoms with Gasteiger partial charge in [-0.05, 0) is 24.3 Å². The van der Waals surface area contributed by atoms with Crippen molar-refractivity contribution < 1.29 is 4.74 Å². The Labute approximate surface area is 116 Å². The molecular formula is C14H13Cl2NO. The van der Waals surface area contributed by atoms with Crippen molar-refractivity contribution in [2.75, 3.05) is 18.5 Å². The highest BCUT2D eigenvalue weighted by Crippen LogP contribution is 2.29. The number of halogens is 2. The van der Waals surface area contributed by atoms with E-state index in [0.29, 0.717) is 23.2 Å². The van der Waals surface area contributed by atoms with E-state index < -0.39 is 0 Å². The molecule has 0 aliphatic rings. The molecule has 0 bridgehead atoms. The number of hydrogen-bond donors (Lipinski definition) is 1. The second-order valence-corrected chi connectivity index (χ2v) is 4.50. The molecule has 0 aliphatic carbocycles. The standard InChI is InChI=1S/C14H13Cl2NO/c15-12-7-4-8-13(16)14(12)17-9-10-18-11-5-2-1-3-6-11/h1-8,17H,9-10H2. The normalized spacial score (nSPS) is 10.1. The molecule has 2 nitrogen and oxygen atoms in total. The first kappa shape index (κ1) is 13.1. The van der Waals surface area contributed by atoms with Crippen LogP contribution in [-0.4, -0.2) is 13.2 Å². The molecule has 0 heterocycles. The highest BCUT2D eigenvalue weighted by atomic mass is 35.5. The molecule has 18 heavy (non-hydrogen) atoms. The molecule has 94 valence electrons. The summed E-state index contributed by atoms with van der Waals surface area (Å²) < 4.78 is 5.56. The van der Waals surface area contributed by atoms with Crippen LogP contribution in [0.2, 0.25) is 10.0 Å². The third-order valence-electron chi connectivity index (χ3n) is 2.38. The first-order valence-corrected chi connectivity index (χ1v) is 6.38. The molecule has 0 unspecified atom stereocenters. The van der Waals surface area contributed by atoms with Crippen LogP contribution in [0.1, 0.15) is 0 Å². The van der Waals surface area contributed by atoms with Gasteiger partial charge < -0.3 is 10.1 Å². The number of benzene rings is 2. The first-order chi connectivity index (χ1) is 8.77. The van der Waals surface area contributed by atoms with Crippen LogP contribution in [0.15, 0.2) is 48.5 Å². The quantitative estimate of drug-likeness (QED) is 0.816. The lowest BCUT2D eigenvalue weighted by Gasteiger charge is -2.11. The van der Waals surface area contributed by atoms with E-state index in [2.05, 4.69) is 5.32 Å². The van der Waals surface area contributed by atoms with Crippen LogP contribution < -0.4 is 10.1 Å². The van der Waals surface area contributed by atoms with Crippen LogP contribution in [0.3, 0.4) is 0 Å². The van der Waals surface area contributed by atoms with E-state index in [1.807, 2.05) is 36.4 Å². The number of hydrogen-bond acceptors (Lipinski definition) is 2. The molecule has 0 atom stereocenters. The lowest BCUT2D eigenvalue weighted by atomic mass is 10.3. The van der Waals surface area contributed by atoms with Gasteiger partial charge in [0, 0.05) is 6.54 Å². The summed E-state index contributed by atoms with van der Waals surface area (Å²) in [6.45, 7) is 1.18. The lowest BCUT2D eigenvalue weighted by molar-refractivity contribution is 0.333. The van der Waals surface area contributed by atoms with Crippen molar-refractivity contribution in [3.05, 3.63) is 58.6 Å². The van der Waals surface area contributed by atoms with E-state index in [4.69, 9.17) is 27.9 Å². The van der Waals surface area contributed by atoms with Crippen molar-refractivity contribution in [2.45, 2.75) is 0 Å². The van der Waals surface area contributed by atoms with Gasteiger partial charge in [-0.15, -0.1) is 0 Å². The van der Waals surface area contributed by atoms with Crippen LogP contribution >= 0.6 is 23.2 Å². The van der Waals surface area contributed by atoms with Crippen molar-refractivity contribution >= 4 is 28.9 Å². The largest absolute Gasteiger partial charge is 0.492 e. The molecule has 0 radical (unpaired) electrons. The van der Waals surface area contributed by atoms with Crippen molar-refractivity contribution in [1.82, 2.24) is 0 Å². The van der Waals surface area contributed by atoms with Crippen molar-refractivity contribution in [1.29, 1.82) is 0 Å². The number of nitrogens with one attached hydrogen (secondary N) is 1. The predicted octanol–water partition coefficient (Wildman–Crippen LogP) is 4.48. The van der Waals surface area contributed by atoms with Gasteiger partial charge in [0.25, 0.3) is 0 Å². The summed E-state index contributed by atoms with van der Waals surface area (Å²) in [5, 5.41) is 4.39. The van der Waals surface area contributed by atoms with Gasteiger partial charge in [0.05, 0.1) is 15.7 Å². The van der Waals surface area contributed by atoms with Gasteiger partial charge in [-0.2, -0.15) is 0 Å². The molecule has 2 aromatic carbocycles.